The molecule has 1 atom stereocenters. The van der Waals surface area contributed by atoms with Crippen molar-refractivity contribution in [3.63, 3.8) is 0 Å². The van der Waals surface area contributed by atoms with Gasteiger partial charge in [0.05, 0.1) is 0 Å². The number of aliphatic carboxylic acids is 1. The molecule has 0 aliphatic heterocycles. The van der Waals surface area contributed by atoms with E-state index in [-0.39, 0.29) is 19.1 Å². The van der Waals surface area contributed by atoms with Crippen LogP contribution < -0.4 is 0 Å². The Morgan fingerprint density at radius 1 is 1.15 bits per heavy atom. The first kappa shape index (κ1) is 17.7. The number of hydrogen-bond donors (Lipinski definition) is 1. The van der Waals surface area contributed by atoms with Gasteiger partial charge in [0.15, 0.2) is 0 Å². The molecule has 134 valence electrons. The van der Waals surface area contributed by atoms with Crippen LogP contribution in [0.4, 0.5) is 4.79 Å². The predicted molar refractivity (Wildman–Crippen MR) is 99.1 cm³/mol. The zero-order chi connectivity index (χ0) is 18.7. The molecule has 5 nitrogen and oxygen atoms in total. The molecule has 0 saturated heterocycles. The fourth-order valence-electron chi connectivity index (χ4n) is 3.34. The Morgan fingerprint density at radius 2 is 1.69 bits per heavy atom. The van der Waals surface area contributed by atoms with Gasteiger partial charge in [0.2, 0.25) is 0 Å². The molecule has 1 aliphatic carbocycles. The van der Waals surface area contributed by atoms with Crippen molar-refractivity contribution in [2.45, 2.75) is 18.9 Å². The number of hydrogen-bond acceptors (Lipinski definition) is 3. The summed E-state index contributed by atoms with van der Waals surface area (Å²) < 4.78 is 5.50. The van der Waals surface area contributed by atoms with Gasteiger partial charge in [0, 0.05) is 12.5 Å². The lowest BCUT2D eigenvalue weighted by atomic mass is 9.98. The Hall–Kier alpha value is -3.08. The van der Waals surface area contributed by atoms with Crippen molar-refractivity contribution < 1.29 is 19.4 Å². The van der Waals surface area contributed by atoms with Crippen molar-refractivity contribution in [3.8, 4) is 11.1 Å². The summed E-state index contributed by atoms with van der Waals surface area (Å²) >= 11 is 0. The number of rotatable bonds is 6. The van der Waals surface area contributed by atoms with Crippen LogP contribution in [0.15, 0.2) is 61.2 Å². The smallest absolute Gasteiger partial charge is 0.410 e. The molecule has 1 amide bonds. The van der Waals surface area contributed by atoms with Gasteiger partial charge in [-0.3, -0.25) is 4.90 Å². The number of fused-ring (bicyclic) bond motifs is 3. The fraction of sp³-hybridized carbons (Fsp3) is 0.238. The van der Waals surface area contributed by atoms with Gasteiger partial charge in [-0.1, -0.05) is 54.6 Å². The summed E-state index contributed by atoms with van der Waals surface area (Å²) in [6, 6.07) is 15.1. The van der Waals surface area contributed by atoms with Crippen LogP contribution in [0.1, 0.15) is 24.0 Å². The van der Waals surface area contributed by atoms with E-state index in [1.165, 1.54) is 13.0 Å². The number of carboxylic acid groups (broad SMARTS) is 1. The molecule has 0 aromatic heterocycles. The maximum atomic E-state index is 12.5. The van der Waals surface area contributed by atoms with Crippen molar-refractivity contribution in [1.29, 1.82) is 0 Å². The van der Waals surface area contributed by atoms with E-state index >= 15 is 0 Å². The molecule has 2 aromatic carbocycles. The molecule has 0 spiro atoms. The number of nitrogens with zero attached hydrogens (tertiary/aromatic N) is 1. The lowest BCUT2D eigenvalue weighted by molar-refractivity contribution is -0.141. The summed E-state index contributed by atoms with van der Waals surface area (Å²) in [5, 5.41) is 9.18. The van der Waals surface area contributed by atoms with E-state index in [0.29, 0.717) is 0 Å². The van der Waals surface area contributed by atoms with Crippen LogP contribution in [0.3, 0.4) is 0 Å². The molecule has 5 heteroatoms. The quantitative estimate of drug-likeness (QED) is 0.802. The molecular weight excluding hydrogens is 330 g/mol. The molecule has 0 heterocycles. The molecule has 0 fully saturated rings. The Labute approximate surface area is 152 Å². The van der Waals surface area contributed by atoms with Crippen LogP contribution in [0, 0.1) is 0 Å². The molecular formula is C21H21NO4. The highest BCUT2D eigenvalue weighted by atomic mass is 16.6. The maximum Gasteiger partial charge on any atom is 0.410 e. The third-order valence-corrected chi connectivity index (χ3v) is 4.72. The highest BCUT2D eigenvalue weighted by Crippen LogP contribution is 2.44. The van der Waals surface area contributed by atoms with E-state index in [9.17, 15) is 14.7 Å². The lowest BCUT2D eigenvalue weighted by Crippen LogP contribution is -2.43. The predicted octanol–water partition coefficient (Wildman–Crippen LogP) is 3.90. The van der Waals surface area contributed by atoms with Gasteiger partial charge < -0.3 is 9.84 Å². The summed E-state index contributed by atoms with van der Waals surface area (Å²) in [4.78, 5) is 24.8. The lowest BCUT2D eigenvalue weighted by Gasteiger charge is -2.25. The summed E-state index contributed by atoms with van der Waals surface area (Å²) in [5.41, 5.74) is 4.52. The molecule has 0 radical (unpaired) electrons. The molecule has 1 aliphatic rings. The molecule has 2 aromatic rings. The highest BCUT2D eigenvalue weighted by Gasteiger charge is 2.31. The number of benzene rings is 2. The summed E-state index contributed by atoms with van der Waals surface area (Å²) in [6.07, 6.45) is 0.836. The van der Waals surface area contributed by atoms with Gasteiger partial charge in [-0.2, -0.15) is 0 Å². The monoisotopic (exact) mass is 351 g/mol. The van der Waals surface area contributed by atoms with E-state index in [0.717, 1.165) is 27.2 Å². The number of carbonyl (C=O) groups is 2. The molecule has 26 heavy (non-hydrogen) atoms. The second-order valence-corrected chi connectivity index (χ2v) is 6.26. The fourth-order valence-corrected chi connectivity index (χ4v) is 3.34. The second-order valence-electron chi connectivity index (χ2n) is 6.26. The molecule has 0 bridgehead atoms. The van der Waals surface area contributed by atoms with Gasteiger partial charge in [-0.25, -0.2) is 9.59 Å². The van der Waals surface area contributed by atoms with Crippen LogP contribution in [0.25, 0.3) is 11.1 Å². The van der Waals surface area contributed by atoms with Crippen molar-refractivity contribution in [2.75, 3.05) is 13.2 Å². The van der Waals surface area contributed by atoms with E-state index in [1.807, 2.05) is 36.4 Å². The number of carbonyl (C=O) groups excluding carboxylic acids is 1. The van der Waals surface area contributed by atoms with Crippen LogP contribution >= 0.6 is 0 Å². The standard InChI is InChI=1S/C21H21NO4/c1-3-12-22(14(2)20(23)24)21(25)26-13-19-17-10-6-4-8-15(17)16-9-5-7-11-18(16)19/h3-11,14,19H,1,12-13H2,2H3,(H,23,24)/t14-/m0/s1. The van der Waals surface area contributed by atoms with E-state index in [2.05, 4.69) is 18.7 Å². The Morgan fingerprint density at radius 3 is 2.19 bits per heavy atom. The van der Waals surface area contributed by atoms with Gasteiger partial charge >= 0.3 is 12.1 Å². The molecule has 0 saturated carbocycles. The SMILES string of the molecule is C=CCN(C(=O)OCC1c2ccccc2-c2ccccc21)[C@@H](C)C(=O)O. The van der Waals surface area contributed by atoms with Gasteiger partial charge in [-0.05, 0) is 29.2 Å². The van der Waals surface area contributed by atoms with E-state index < -0.39 is 18.1 Å². The summed E-state index contributed by atoms with van der Waals surface area (Å²) in [5.74, 6) is -1.14. The van der Waals surface area contributed by atoms with Crippen LogP contribution in [0.5, 0.6) is 0 Å². The number of amides is 1. The van der Waals surface area contributed by atoms with Crippen LogP contribution in [-0.2, 0) is 9.53 Å². The minimum atomic E-state index is -1.08. The first-order chi connectivity index (χ1) is 12.5. The van der Waals surface area contributed by atoms with Gasteiger partial charge in [-0.15, -0.1) is 6.58 Å². The summed E-state index contributed by atoms with van der Waals surface area (Å²) in [7, 11) is 0. The largest absolute Gasteiger partial charge is 0.480 e. The van der Waals surface area contributed by atoms with Crippen molar-refractivity contribution in [2.24, 2.45) is 0 Å². The molecule has 1 N–H and O–H groups in total. The topological polar surface area (TPSA) is 66.8 Å². The first-order valence-corrected chi connectivity index (χ1v) is 8.50. The highest BCUT2D eigenvalue weighted by molar-refractivity contribution is 5.81. The Balaban J connectivity index is 1.80. The average molecular weight is 351 g/mol. The third-order valence-electron chi connectivity index (χ3n) is 4.72. The van der Waals surface area contributed by atoms with Crippen LogP contribution in [0.2, 0.25) is 0 Å². The van der Waals surface area contributed by atoms with Crippen molar-refractivity contribution in [3.05, 3.63) is 72.3 Å². The third kappa shape index (κ3) is 3.20. The Bertz CT molecular complexity index is 800. The molecule has 3 rings (SSSR count). The minimum absolute atomic E-state index is 0.0583. The van der Waals surface area contributed by atoms with Gasteiger partial charge in [0.25, 0.3) is 0 Å². The first-order valence-electron chi connectivity index (χ1n) is 8.50. The minimum Gasteiger partial charge on any atom is -0.480 e. The zero-order valence-electron chi connectivity index (χ0n) is 14.6. The van der Waals surface area contributed by atoms with Gasteiger partial charge in [0.1, 0.15) is 12.6 Å². The molecule has 0 unspecified atom stereocenters. The normalized spacial score (nSPS) is 13.4. The maximum absolute atomic E-state index is 12.5. The average Bonchev–Trinajstić information content (AvgIpc) is 2.97. The van der Waals surface area contributed by atoms with E-state index in [1.54, 1.807) is 0 Å². The zero-order valence-corrected chi connectivity index (χ0v) is 14.6. The summed E-state index contributed by atoms with van der Waals surface area (Å²) in [6.45, 7) is 5.31. The van der Waals surface area contributed by atoms with Crippen molar-refractivity contribution >= 4 is 12.1 Å². The number of carboxylic acids is 1. The Kier molecular flexibility index (Phi) is 5.07. The van der Waals surface area contributed by atoms with Crippen molar-refractivity contribution in [1.82, 2.24) is 4.90 Å². The van der Waals surface area contributed by atoms with Crippen LogP contribution in [-0.4, -0.2) is 41.3 Å². The number of ether oxygens (including phenoxy) is 1. The van der Waals surface area contributed by atoms with E-state index in [4.69, 9.17) is 4.74 Å². The second kappa shape index (κ2) is 7.44.